The molecule has 0 bridgehead atoms. The molecule has 3 N–H and O–H groups in total. The first-order chi connectivity index (χ1) is 12.3. The Labute approximate surface area is 152 Å². The van der Waals surface area contributed by atoms with Crippen molar-refractivity contribution < 1.29 is 17.9 Å². The molecule has 9 heteroatoms. The Morgan fingerprint density at radius 3 is 2.65 bits per heavy atom. The lowest BCUT2D eigenvalue weighted by Crippen LogP contribution is -2.36. The van der Waals surface area contributed by atoms with Crippen molar-refractivity contribution in [1.29, 1.82) is 0 Å². The van der Waals surface area contributed by atoms with Crippen LogP contribution in [0.5, 0.6) is 0 Å². The molecule has 1 saturated heterocycles. The summed E-state index contributed by atoms with van der Waals surface area (Å²) in [6, 6.07) is 9.23. The number of aromatic nitrogens is 1. The van der Waals surface area contributed by atoms with Crippen LogP contribution in [-0.2, 0) is 28.4 Å². The molecule has 0 spiro atoms. The van der Waals surface area contributed by atoms with Crippen molar-refractivity contribution in [1.82, 2.24) is 9.88 Å². The van der Waals surface area contributed by atoms with Crippen molar-refractivity contribution in [3.63, 3.8) is 0 Å². The average molecular weight is 378 g/mol. The lowest BCUT2D eigenvalue weighted by molar-refractivity contribution is 0.0942. The molecule has 1 aromatic carbocycles. The number of ether oxygens (including phenoxy) is 1. The number of nitrogens with zero attached hydrogens (tertiary/aromatic N) is 2. The molecule has 1 aliphatic rings. The highest BCUT2D eigenvalue weighted by Crippen LogP contribution is 2.18. The summed E-state index contributed by atoms with van der Waals surface area (Å²) in [5.41, 5.74) is 2.29. The third kappa shape index (κ3) is 4.24. The number of hydrogen-bond donors (Lipinski definition) is 2. The predicted octanol–water partition coefficient (Wildman–Crippen LogP) is 0.439. The van der Waals surface area contributed by atoms with E-state index < -0.39 is 10.0 Å². The fourth-order valence-electron chi connectivity index (χ4n) is 2.87. The van der Waals surface area contributed by atoms with E-state index in [2.05, 4.69) is 10.2 Å². The standard InChI is InChI=1S/C17H22N4O4S/c1-20-12-15(26(18,23)24)10-16(20)17(22)19-11-13-3-2-4-14(9-13)21-5-7-25-8-6-21/h2-4,9-10,12H,5-8,11H2,1H3,(H,19,22)(H2,18,23,24). The molecule has 140 valence electrons. The molecule has 0 atom stereocenters. The number of aryl methyl sites for hydroxylation is 1. The first-order valence-electron chi connectivity index (χ1n) is 8.23. The molecule has 1 aromatic heterocycles. The Bertz CT molecular complexity index is 901. The highest BCUT2D eigenvalue weighted by molar-refractivity contribution is 7.89. The van der Waals surface area contributed by atoms with Crippen LogP contribution in [0.3, 0.4) is 0 Å². The summed E-state index contributed by atoms with van der Waals surface area (Å²) >= 11 is 0. The average Bonchev–Trinajstić information content (AvgIpc) is 3.03. The molecular formula is C17H22N4O4S. The SMILES string of the molecule is Cn1cc(S(N)(=O)=O)cc1C(=O)NCc1cccc(N2CCOCC2)c1. The van der Waals surface area contributed by atoms with Gasteiger partial charge in [0.05, 0.1) is 13.2 Å². The van der Waals surface area contributed by atoms with Crippen LogP contribution in [0, 0.1) is 0 Å². The molecule has 2 heterocycles. The zero-order valence-electron chi connectivity index (χ0n) is 14.5. The number of nitrogens with one attached hydrogen (secondary N) is 1. The fourth-order valence-corrected chi connectivity index (χ4v) is 3.45. The van der Waals surface area contributed by atoms with Gasteiger partial charge in [-0.05, 0) is 23.8 Å². The Kier molecular flexibility index (Phi) is 5.30. The van der Waals surface area contributed by atoms with E-state index in [1.54, 1.807) is 7.05 Å². The van der Waals surface area contributed by atoms with Crippen molar-refractivity contribution in [2.45, 2.75) is 11.4 Å². The number of rotatable bonds is 5. The van der Waals surface area contributed by atoms with Crippen LogP contribution < -0.4 is 15.4 Å². The summed E-state index contributed by atoms with van der Waals surface area (Å²) in [6.45, 7) is 3.44. The van der Waals surface area contributed by atoms with E-state index in [0.29, 0.717) is 19.8 Å². The highest BCUT2D eigenvalue weighted by Gasteiger charge is 2.17. The minimum Gasteiger partial charge on any atom is -0.378 e. The third-order valence-corrected chi connectivity index (χ3v) is 5.16. The van der Waals surface area contributed by atoms with E-state index in [0.717, 1.165) is 24.3 Å². The van der Waals surface area contributed by atoms with Gasteiger partial charge in [0, 0.05) is 38.6 Å². The van der Waals surface area contributed by atoms with Gasteiger partial charge in [0.1, 0.15) is 10.6 Å². The lowest BCUT2D eigenvalue weighted by Gasteiger charge is -2.29. The van der Waals surface area contributed by atoms with Crippen LogP contribution in [0.15, 0.2) is 41.4 Å². The number of carbonyl (C=O) groups is 1. The van der Waals surface area contributed by atoms with Crippen LogP contribution in [-0.4, -0.2) is 45.2 Å². The number of hydrogen-bond acceptors (Lipinski definition) is 5. The van der Waals surface area contributed by atoms with E-state index in [9.17, 15) is 13.2 Å². The summed E-state index contributed by atoms with van der Waals surface area (Å²) in [7, 11) is -2.24. The Morgan fingerprint density at radius 2 is 2.00 bits per heavy atom. The van der Waals surface area contributed by atoms with E-state index >= 15 is 0 Å². The van der Waals surface area contributed by atoms with E-state index in [-0.39, 0.29) is 16.5 Å². The van der Waals surface area contributed by atoms with Crippen LogP contribution in [0.2, 0.25) is 0 Å². The Hall–Kier alpha value is -2.36. The highest BCUT2D eigenvalue weighted by atomic mass is 32.2. The first-order valence-corrected chi connectivity index (χ1v) is 9.78. The maximum atomic E-state index is 12.4. The summed E-state index contributed by atoms with van der Waals surface area (Å²) in [4.78, 5) is 14.5. The van der Waals surface area contributed by atoms with Gasteiger partial charge in [-0.3, -0.25) is 4.79 Å². The number of amides is 1. The topological polar surface area (TPSA) is 107 Å². The zero-order valence-corrected chi connectivity index (χ0v) is 15.3. The number of carbonyl (C=O) groups excluding carboxylic acids is 1. The van der Waals surface area contributed by atoms with Gasteiger partial charge in [0.2, 0.25) is 10.0 Å². The van der Waals surface area contributed by atoms with Crippen molar-refractivity contribution in [2.75, 3.05) is 31.2 Å². The molecule has 2 aromatic rings. The number of benzene rings is 1. The molecule has 26 heavy (non-hydrogen) atoms. The first kappa shape index (κ1) is 18.4. The van der Waals surface area contributed by atoms with E-state index in [4.69, 9.17) is 9.88 Å². The maximum Gasteiger partial charge on any atom is 0.268 e. The van der Waals surface area contributed by atoms with Gasteiger partial charge >= 0.3 is 0 Å². The molecule has 8 nitrogen and oxygen atoms in total. The zero-order chi connectivity index (χ0) is 18.7. The number of nitrogens with two attached hydrogens (primary N) is 1. The van der Waals surface area contributed by atoms with Crippen molar-refractivity contribution in [3.05, 3.63) is 47.8 Å². The molecule has 0 aliphatic carbocycles. The summed E-state index contributed by atoms with van der Waals surface area (Å²) in [6.07, 6.45) is 1.32. The minimum absolute atomic E-state index is 0.0838. The van der Waals surface area contributed by atoms with Gasteiger partial charge in [-0.2, -0.15) is 0 Å². The van der Waals surface area contributed by atoms with Crippen LogP contribution >= 0.6 is 0 Å². The lowest BCUT2D eigenvalue weighted by atomic mass is 10.1. The molecule has 1 amide bonds. The predicted molar refractivity (Wildman–Crippen MR) is 97.4 cm³/mol. The van der Waals surface area contributed by atoms with Gasteiger partial charge in [0.25, 0.3) is 5.91 Å². The third-order valence-electron chi connectivity index (χ3n) is 4.28. The quantitative estimate of drug-likeness (QED) is 0.785. The number of sulfonamides is 1. The Balaban J connectivity index is 1.67. The second-order valence-corrected chi connectivity index (χ2v) is 7.73. The summed E-state index contributed by atoms with van der Waals surface area (Å²) in [5, 5.41) is 7.92. The number of primary sulfonamides is 1. The molecule has 0 saturated carbocycles. The van der Waals surface area contributed by atoms with Crippen molar-refractivity contribution in [3.8, 4) is 0 Å². The monoisotopic (exact) mass is 378 g/mol. The summed E-state index contributed by atoms with van der Waals surface area (Å²) in [5.74, 6) is -0.362. The number of morpholine rings is 1. The van der Waals surface area contributed by atoms with Gasteiger partial charge in [-0.25, -0.2) is 13.6 Å². The normalized spacial score (nSPS) is 15.1. The molecule has 0 radical (unpaired) electrons. The van der Waals surface area contributed by atoms with Gasteiger partial charge in [-0.1, -0.05) is 12.1 Å². The van der Waals surface area contributed by atoms with E-state index in [1.807, 2.05) is 24.3 Å². The van der Waals surface area contributed by atoms with Gasteiger partial charge in [0.15, 0.2) is 0 Å². The molecular weight excluding hydrogens is 356 g/mol. The maximum absolute atomic E-state index is 12.4. The van der Waals surface area contributed by atoms with Crippen molar-refractivity contribution >= 4 is 21.6 Å². The molecule has 1 aliphatic heterocycles. The van der Waals surface area contributed by atoms with Crippen LogP contribution in [0.1, 0.15) is 16.1 Å². The largest absolute Gasteiger partial charge is 0.378 e. The summed E-state index contributed by atoms with van der Waals surface area (Å²) < 4.78 is 29.6. The minimum atomic E-state index is -3.84. The second kappa shape index (κ2) is 7.48. The second-order valence-electron chi connectivity index (χ2n) is 6.17. The number of anilines is 1. The molecule has 0 unspecified atom stereocenters. The smallest absolute Gasteiger partial charge is 0.268 e. The molecule has 1 fully saturated rings. The molecule has 3 rings (SSSR count). The Morgan fingerprint density at radius 1 is 1.27 bits per heavy atom. The fraction of sp³-hybridized carbons (Fsp3) is 0.353. The van der Waals surface area contributed by atoms with Crippen molar-refractivity contribution in [2.24, 2.45) is 12.2 Å². The van der Waals surface area contributed by atoms with Gasteiger partial charge < -0.3 is 19.5 Å². The van der Waals surface area contributed by atoms with Crippen LogP contribution in [0.25, 0.3) is 0 Å². The van der Waals surface area contributed by atoms with Crippen LogP contribution in [0.4, 0.5) is 5.69 Å². The van der Waals surface area contributed by atoms with E-state index in [1.165, 1.54) is 16.8 Å². The van der Waals surface area contributed by atoms with Gasteiger partial charge in [-0.15, -0.1) is 0 Å².